The minimum absolute atomic E-state index is 0.00553. The van der Waals surface area contributed by atoms with E-state index in [0.29, 0.717) is 6.42 Å². The maximum absolute atomic E-state index is 12.5. The van der Waals surface area contributed by atoms with Crippen molar-refractivity contribution in [1.29, 1.82) is 0 Å². The van der Waals surface area contributed by atoms with Gasteiger partial charge in [0.1, 0.15) is 0 Å². The lowest BCUT2D eigenvalue weighted by atomic mass is 10.0. The summed E-state index contributed by atoms with van der Waals surface area (Å²) in [5.41, 5.74) is 0. The second-order valence-electron chi connectivity index (χ2n) is 18.1. The van der Waals surface area contributed by atoms with Gasteiger partial charge in [-0.25, -0.2) is 0 Å². The molecular formula is C54H103NO4. The molecule has 1 amide bonds. The first kappa shape index (κ1) is 57.6. The Bertz CT molecular complexity index is 916. The largest absolute Gasteiger partial charge is 0.394 e. The number of aliphatic hydroxyl groups is 3. The predicted octanol–water partition coefficient (Wildman–Crippen LogP) is 15.9. The molecule has 0 heterocycles. The van der Waals surface area contributed by atoms with Gasteiger partial charge in [-0.3, -0.25) is 4.79 Å². The molecule has 348 valence electrons. The Morgan fingerprint density at radius 1 is 0.424 bits per heavy atom. The van der Waals surface area contributed by atoms with E-state index in [1.165, 1.54) is 212 Å². The van der Waals surface area contributed by atoms with Crippen LogP contribution in [0.15, 0.2) is 36.5 Å². The Balaban J connectivity index is 3.64. The number of carbonyl (C=O) groups excluding carboxylic acids is 1. The van der Waals surface area contributed by atoms with Crippen molar-refractivity contribution in [2.45, 2.75) is 295 Å². The van der Waals surface area contributed by atoms with Crippen molar-refractivity contribution in [3.8, 4) is 0 Å². The second-order valence-corrected chi connectivity index (χ2v) is 18.1. The van der Waals surface area contributed by atoms with Gasteiger partial charge >= 0.3 is 0 Å². The molecule has 3 unspecified atom stereocenters. The van der Waals surface area contributed by atoms with Crippen molar-refractivity contribution in [3.05, 3.63) is 36.5 Å². The molecule has 59 heavy (non-hydrogen) atoms. The summed E-state index contributed by atoms with van der Waals surface area (Å²) in [5.74, 6) is -0.325. The Morgan fingerprint density at radius 3 is 1.08 bits per heavy atom. The van der Waals surface area contributed by atoms with E-state index in [4.69, 9.17) is 0 Å². The van der Waals surface area contributed by atoms with Gasteiger partial charge in [-0.1, -0.05) is 262 Å². The number of hydrogen-bond acceptors (Lipinski definition) is 4. The topological polar surface area (TPSA) is 89.8 Å². The van der Waals surface area contributed by atoms with Crippen molar-refractivity contribution in [2.75, 3.05) is 6.61 Å². The van der Waals surface area contributed by atoms with E-state index in [2.05, 4.69) is 43.5 Å². The van der Waals surface area contributed by atoms with Gasteiger partial charge in [-0.15, -0.1) is 0 Å². The van der Waals surface area contributed by atoms with Crippen LogP contribution >= 0.6 is 0 Å². The number of hydrogen-bond donors (Lipinski definition) is 4. The number of amides is 1. The smallest absolute Gasteiger partial charge is 0.222 e. The van der Waals surface area contributed by atoms with Crippen LogP contribution in [0.3, 0.4) is 0 Å². The fourth-order valence-corrected chi connectivity index (χ4v) is 8.14. The van der Waals surface area contributed by atoms with Gasteiger partial charge in [-0.2, -0.15) is 0 Å². The highest BCUT2D eigenvalue weighted by molar-refractivity contribution is 5.76. The molecule has 5 nitrogen and oxygen atoms in total. The molecule has 0 radical (unpaired) electrons. The fraction of sp³-hybridized carbons (Fsp3) is 0.870. The molecule has 4 N–H and O–H groups in total. The zero-order valence-corrected chi connectivity index (χ0v) is 39.6. The van der Waals surface area contributed by atoms with Crippen LogP contribution in [-0.4, -0.2) is 46.1 Å². The molecular weight excluding hydrogens is 727 g/mol. The Hall–Kier alpha value is -1.43. The molecule has 0 bridgehead atoms. The van der Waals surface area contributed by atoms with Crippen LogP contribution in [0.5, 0.6) is 0 Å². The summed E-state index contributed by atoms with van der Waals surface area (Å²) in [5, 5.41) is 33.4. The molecule has 3 atom stereocenters. The number of rotatable bonds is 48. The van der Waals surface area contributed by atoms with E-state index >= 15 is 0 Å². The maximum atomic E-state index is 12.5. The highest BCUT2D eigenvalue weighted by atomic mass is 16.3. The van der Waals surface area contributed by atoms with Crippen molar-refractivity contribution in [1.82, 2.24) is 5.32 Å². The van der Waals surface area contributed by atoms with Crippen LogP contribution in [0, 0.1) is 0 Å². The van der Waals surface area contributed by atoms with E-state index in [9.17, 15) is 20.1 Å². The monoisotopic (exact) mass is 830 g/mol. The van der Waals surface area contributed by atoms with E-state index in [1.54, 1.807) is 6.08 Å². The van der Waals surface area contributed by atoms with Crippen LogP contribution in [0.2, 0.25) is 0 Å². The average Bonchev–Trinajstić information content (AvgIpc) is 3.23. The Morgan fingerprint density at radius 2 is 0.729 bits per heavy atom. The first-order chi connectivity index (χ1) is 29.0. The van der Waals surface area contributed by atoms with Crippen LogP contribution in [0.4, 0.5) is 0 Å². The third-order valence-electron chi connectivity index (χ3n) is 12.2. The first-order valence-corrected chi connectivity index (χ1v) is 26.3. The Kier molecular flexibility index (Phi) is 48.0. The standard InChI is InChI=1S/C54H103NO4/c1-3-5-7-9-11-13-15-17-19-21-23-25-27-29-31-33-35-37-39-41-43-45-47-51(57)49-54(59)55-52(50-56)53(58)48-46-44-42-40-38-36-34-32-30-28-26-24-22-20-18-16-14-12-10-8-6-4-2/h30,32,38,40,46,48,51-53,56-58H,3-29,31,33-37,39,41-45,47,49-50H2,1-2H3,(H,55,59)/b32-30+,40-38+,48-46+. The van der Waals surface area contributed by atoms with E-state index in [1.807, 2.05) is 6.08 Å². The van der Waals surface area contributed by atoms with Gasteiger partial charge in [0.05, 0.1) is 31.3 Å². The highest BCUT2D eigenvalue weighted by Crippen LogP contribution is 2.17. The van der Waals surface area contributed by atoms with Gasteiger partial charge in [0.25, 0.3) is 0 Å². The number of allylic oxidation sites excluding steroid dienone is 5. The number of unbranched alkanes of at least 4 members (excludes halogenated alkanes) is 35. The van der Waals surface area contributed by atoms with Crippen molar-refractivity contribution >= 4 is 5.91 Å². The fourth-order valence-electron chi connectivity index (χ4n) is 8.14. The third kappa shape index (κ3) is 45.9. The molecule has 0 aliphatic heterocycles. The normalized spacial score (nSPS) is 13.6. The molecule has 0 saturated carbocycles. The van der Waals surface area contributed by atoms with E-state index in [-0.39, 0.29) is 18.9 Å². The predicted molar refractivity (Wildman–Crippen MR) is 259 cm³/mol. The van der Waals surface area contributed by atoms with Crippen molar-refractivity contribution in [2.24, 2.45) is 0 Å². The highest BCUT2D eigenvalue weighted by Gasteiger charge is 2.20. The SMILES string of the molecule is CCCCCCCCCCCCCC/C=C/CC/C=C/CC/C=C/C(O)C(CO)NC(=O)CC(O)CCCCCCCCCCCCCCCCCCCCCCCC. The zero-order valence-electron chi connectivity index (χ0n) is 39.6. The Labute approximate surface area is 368 Å². The molecule has 0 rings (SSSR count). The van der Waals surface area contributed by atoms with Crippen LogP contribution < -0.4 is 5.32 Å². The minimum Gasteiger partial charge on any atom is -0.394 e. The summed E-state index contributed by atoms with van der Waals surface area (Å²) in [4.78, 5) is 12.5. The summed E-state index contributed by atoms with van der Waals surface area (Å²) < 4.78 is 0. The molecule has 0 spiro atoms. The van der Waals surface area contributed by atoms with Gasteiger partial charge in [0.2, 0.25) is 5.91 Å². The van der Waals surface area contributed by atoms with Crippen molar-refractivity contribution in [3.63, 3.8) is 0 Å². The summed E-state index contributed by atoms with van der Waals surface area (Å²) in [6.07, 6.45) is 63.2. The van der Waals surface area contributed by atoms with Crippen molar-refractivity contribution < 1.29 is 20.1 Å². The zero-order chi connectivity index (χ0) is 43.0. The van der Waals surface area contributed by atoms with Crippen LogP contribution in [0.1, 0.15) is 277 Å². The number of nitrogens with one attached hydrogen (secondary N) is 1. The summed E-state index contributed by atoms with van der Waals surface area (Å²) >= 11 is 0. The lowest BCUT2D eigenvalue weighted by Crippen LogP contribution is -2.45. The molecule has 0 aromatic carbocycles. The second kappa shape index (κ2) is 49.2. The first-order valence-electron chi connectivity index (χ1n) is 26.3. The quantitative estimate of drug-likeness (QED) is 0.0363. The molecule has 5 heteroatoms. The van der Waals surface area contributed by atoms with E-state index < -0.39 is 18.2 Å². The van der Waals surface area contributed by atoms with Gasteiger partial charge in [0, 0.05) is 0 Å². The molecule has 0 aliphatic carbocycles. The maximum Gasteiger partial charge on any atom is 0.222 e. The van der Waals surface area contributed by atoms with E-state index in [0.717, 1.165) is 38.5 Å². The lowest BCUT2D eigenvalue weighted by molar-refractivity contribution is -0.124. The van der Waals surface area contributed by atoms with Gasteiger partial charge in [-0.05, 0) is 44.9 Å². The van der Waals surface area contributed by atoms with Gasteiger partial charge < -0.3 is 20.6 Å². The average molecular weight is 830 g/mol. The third-order valence-corrected chi connectivity index (χ3v) is 12.2. The van der Waals surface area contributed by atoms with Crippen LogP contribution in [0.25, 0.3) is 0 Å². The number of aliphatic hydroxyl groups excluding tert-OH is 3. The van der Waals surface area contributed by atoms with Gasteiger partial charge in [0.15, 0.2) is 0 Å². The molecule has 0 aromatic rings. The minimum atomic E-state index is -0.959. The number of carbonyl (C=O) groups is 1. The molecule has 0 saturated heterocycles. The molecule has 0 fully saturated rings. The summed E-state index contributed by atoms with van der Waals surface area (Å²) in [6, 6.07) is -0.766. The summed E-state index contributed by atoms with van der Waals surface area (Å²) in [7, 11) is 0. The molecule has 0 aromatic heterocycles. The van der Waals surface area contributed by atoms with Crippen LogP contribution in [-0.2, 0) is 4.79 Å². The molecule has 0 aliphatic rings. The summed E-state index contributed by atoms with van der Waals surface area (Å²) in [6.45, 7) is 4.23. The lowest BCUT2D eigenvalue weighted by Gasteiger charge is -2.21.